The maximum Gasteiger partial charge on any atom is 0.160 e. The summed E-state index contributed by atoms with van der Waals surface area (Å²) >= 11 is 11.5. The zero-order valence-corrected chi connectivity index (χ0v) is 12.2. The molecular weight excluding hydrogens is 312 g/mol. The van der Waals surface area contributed by atoms with Gasteiger partial charge in [-0.2, -0.15) is 0 Å². The lowest BCUT2D eigenvalue weighted by molar-refractivity contribution is 0.629. The largest absolute Gasteiger partial charge is 0.399 e. The van der Waals surface area contributed by atoms with Crippen LogP contribution in [0.5, 0.6) is 0 Å². The summed E-state index contributed by atoms with van der Waals surface area (Å²) in [6.07, 6.45) is 0. The van der Waals surface area contributed by atoms with Crippen molar-refractivity contribution in [2.75, 3.05) is 11.1 Å². The Hall–Kier alpha value is -2.04. The third-order valence-electron chi connectivity index (χ3n) is 2.97. The standard InChI is InChI=1S/C15H10Cl2FN3/c16-11-6-10(7-12(17)15(11)18)20-14-4-1-8-5-9(19)2-3-13(8)21-14/h1-7H,19H2,(H,20,21). The van der Waals surface area contributed by atoms with Crippen LogP contribution < -0.4 is 11.1 Å². The monoisotopic (exact) mass is 321 g/mol. The fourth-order valence-electron chi connectivity index (χ4n) is 1.99. The van der Waals surface area contributed by atoms with Crippen molar-refractivity contribution in [2.45, 2.75) is 0 Å². The molecule has 1 aromatic heterocycles. The van der Waals surface area contributed by atoms with Crippen LogP contribution in [0, 0.1) is 5.82 Å². The normalized spacial score (nSPS) is 10.8. The highest BCUT2D eigenvalue weighted by molar-refractivity contribution is 6.35. The number of anilines is 3. The summed E-state index contributed by atoms with van der Waals surface area (Å²) in [5, 5.41) is 3.90. The van der Waals surface area contributed by atoms with Crippen molar-refractivity contribution >= 4 is 51.3 Å². The molecule has 3 N–H and O–H groups in total. The summed E-state index contributed by atoms with van der Waals surface area (Å²) in [5.41, 5.74) is 7.77. The van der Waals surface area contributed by atoms with E-state index in [2.05, 4.69) is 10.3 Å². The van der Waals surface area contributed by atoms with E-state index in [1.54, 1.807) is 12.1 Å². The van der Waals surface area contributed by atoms with Crippen molar-refractivity contribution in [3.05, 3.63) is 58.3 Å². The van der Waals surface area contributed by atoms with E-state index in [0.717, 1.165) is 10.9 Å². The van der Waals surface area contributed by atoms with Gasteiger partial charge in [0.05, 0.1) is 15.6 Å². The first-order valence-electron chi connectivity index (χ1n) is 6.11. The number of hydrogen-bond acceptors (Lipinski definition) is 3. The van der Waals surface area contributed by atoms with Gasteiger partial charge >= 0.3 is 0 Å². The Kier molecular flexibility index (Phi) is 3.57. The Morgan fingerprint density at radius 2 is 1.71 bits per heavy atom. The molecule has 3 rings (SSSR count). The van der Waals surface area contributed by atoms with Crippen molar-refractivity contribution in [1.29, 1.82) is 0 Å². The number of benzene rings is 2. The Morgan fingerprint density at radius 3 is 2.43 bits per heavy atom. The number of nitrogens with two attached hydrogens (primary N) is 1. The van der Waals surface area contributed by atoms with Gasteiger partial charge in [0.15, 0.2) is 5.82 Å². The van der Waals surface area contributed by atoms with Crippen molar-refractivity contribution in [2.24, 2.45) is 0 Å². The lowest BCUT2D eigenvalue weighted by Crippen LogP contribution is -1.95. The Balaban J connectivity index is 1.96. The highest BCUT2D eigenvalue weighted by Crippen LogP contribution is 2.29. The van der Waals surface area contributed by atoms with Crippen molar-refractivity contribution < 1.29 is 4.39 Å². The third-order valence-corrected chi connectivity index (χ3v) is 3.52. The number of fused-ring (bicyclic) bond motifs is 1. The topological polar surface area (TPSA) is 50.9 Å². The molecule has 0 spiro atoms. The Labute approximate surface area is 130 Å². The Morgan fingerprint density at radius 1 is 1.00 bits per heavy atom. The molecule has 0 unspecified atom stereocenters. The molecule has 0 aliphatic heterocycles. The van der Waals surface area contributed by atoms with Crippen LogP contribution in [-0.2, 0) is 0 Å². The van der Waals surface area contributed by atoms with Gasteiger partial charge in [-0.1, -0.05) is 23.2 Å². The van der Waals surface area contributed by atoms with Crippen LogP contribution in [0.4, 0.5) is 21.6 Å². The smallest absolute Gasteiger partial charge is 0.160 e. The second kappa shape index (κ2) is 5.39. The lowest BCUT2D eigenvalue weighted by atomic mass is 10.2. The predicted octanol–water partition coefficient (Wildman–Crippen LogP) is 5.01. The zero-order chi connectivity index (χ0) is 15.0. The second-order valence-electron chi connectivity index (χ2n) is 4.53. The van der Waals surface area contributed by atoms with Crippen LogP contribution in [0.2, 0.25) is 10.0 Å². The van der Waals surface area contributed by atoms with Gasteiger partial charge in [-0.25, -0.2) is 9.37 Å². The molecule has 1 heterocycles. The van der Waals surface area contributed by atoms with E-state index in [1.807, 2.05) is 18.2 Å². The second-order valence-corrected chi connectivity index (χ2v) is 5.34. The fraction of sp³-hybridized carbons (Fsp3) is 0. The average molecular weight is 322 g/mol. The van der Waals surface area contributed by atoms with Gasteiger partial charge in [-0.3, -0.25) is 0 Å². The van der Waals surface area contributed by atoms with E-state index in [9.17, 15) is 4.39 Å². The number of rotatable bonds is 2. The summed E-state index contributed by atoms with van der Waals surface area (Å²) < 4.78 is 13.4. The molecule has 0 aliphatic rings. The zero-order valence-electron chi connectivity index (χ0n) is 10.7. The molecule has 0 aliphatic carbocycles. The molecule has 106 valence electrons. The molecule has 21 heavy (non-hydrogen) atoms. The first-order valence-corrected chi connectivity index (χ1v) is 6.86. The third kappa shape index (κ3) is 2.86. The molecule has 0 fully saturated rings. The summed E-state index contributed by atoms with van der Waals surface area (Å²) in [6.45, 7) is 0. The van der Waals surface area contributed by atoms with Crippen molar-refractivity contribution in [3.63, 3.8) is 0 Å². The summed E-state index contributed by atoms with van der Waals surface area (Å²) in [6, 6.07) is 12.1. The van der Waals surface area contributed by atoms with E-state index in [0.29, 0.717) is 17.2 Å². The fourth-order valence-corrected chi connectivity index (χ4v) is 2.48. The molecular formula is C15H10Cl2FN3. The summed E-state index contributed by atoms with van der Waals surface area (Å²) in [7, 11) is 0. The number of nitrogens with zero attached hydrogens (tertiary/aromatic N) is 1. The van der Waals surface area contributed by atoms with Gasteiger partial charge in [0.1, 0.15) is 5.82 Å². The van der Waals surface area contributed by atoms with E-state index < -0.39 is 5.82 Å². The van der Waals surface area contributed by atoms with Gasteiger partial charge in [0.25, 0.3) is 0 Å². The van der Waals surface area contributed by atoms with E-state index in [-0.39, 0.29) is 10.0 Å². The predicted molar refractivity (Wildman–Crippen MR) is 85.9 cm³/mol. The van der Waals surface area contributed by atoms with Crippen LogP contribution in [0.25, 0.3) is 10.9 Å². The van der Waals surface area contributed by atoms with Crippen LogP contribution in [0.15, 0.2) is 42.5 Å². The SMILES string of the molecule is Nc1ccc2nc(Nc3cc(Cl)c(F)c(Cl)c3)ccc2c1. The van der Waals surface area contributed by atoms with Crippen LogP contribution in [0.1, 0.15) is 0 Å². The number of nitrogen functional groups attached to an aromatic ring is 1. The van der Waals surface area contributed by atoms with Crippen molar-refractivity contribution in [3.8, 4) is 0 Å². The number of hydrogen-bond donors (Lipinski definition) is 2. The van der Waals surface area contributed by atoms with Gasteiger partial charge < -0.3 is 11.1 Å². The molecule has 2 aromatic carbocycles. The minimum atomic E-state index is -0.633. The minimum Gasteiger partial charge on any atom is -0.399 e. The molecule has 0 saturated heterocycles. The molecule has 0 bridgehead atoms. The maximum atomic E-state index is 13.4. The number of nitrogens with one attached hydrogen (secondary N) is 1. The lowest BCUT2D eigenvalue weighted by Gasteiger charge is -2.09. The van der Waals surface area contributed by atoms with Gasteiger partial charge in [-0.05, 0) is 42.5 Å². The number of halogens is 3. The van der Waals surface area contributed by atoms with E-state index in [1.165, 1.54) is 12.1 Å². The average Bonchev–Trinajstić information content (AvgIpc) is 2.45. The quantitative estimate of drug-likeness (QED) is 0.515. The molecule has 0 radical (unpaired) electrons. The molecule has 0 atom stereocenters. The van der Waals surface area contributed by atoms with Gasteiger partial charge in [0.2, 0.25) is 0 Å². The Bertz CT molecular complexity index is 813. The first-order chi connectivity index (χ1) is 10.0. The molecule has 3 aromatic rings. The molecule has 0 amide bonds. The van der Waals surface area contributed by atoms with Crippen LogP contribution in [0.3, 0.4) is 0 Å². The highest BCUT2D eigenvalue weighted by Gasteiger charge is 2.08. The minimum absolute atomic E-state index is 0.0430. The van der Waals surface area contributed by atoms with E-state index in [4.69, 9.17) is 28.9 Å². The van der Waals surface area contributed by atoms with Crippen molar-refractivity contribution in [1.82, 2.24) is 4.98 Å². The highest BCUT2D eigenvalue weighted by atomic mass is 35.5. The van der Waals surface area contributed by atoms with Crippen LogP contribution in [-0.4, -0.2) is 4.98 Å². The molecule has 6 heteroatoms. The maximum absolute atomic E-state index is 13.4. The molecule has 3 nitrogen and oxygen atoms in total. The number of pyridine rings is 1. The van der Waals surface area contributed by atoms with Gasteiger partial charge in [-0.15, -0.1) is 0 Å². The summed E-state index contributed by atoms with van der Waals surface area (Å²) in [5.74, 6) is -0.0307. The molecule has 0 saturated carbocycles. The summed E-state index contributed by atoms with van der Waals surface area (Å²) in [4.78, 5) is 4.45. The van der Waals surface area contributed by atoms with Gasteiger partial charge in [0, 0.05) is 16.8 Å². The van der Waals surface area contributed by atoms with Crippen LogP contribution >= 0.6 is 23.2 Å². The number of aromatic nitrogens is 1. The first kappa shape index (κ1) is 13.9. The van der Waals surface area contributed by atoms with E-state index >= 15 is 0 Å².